The van der Waals surface area contributed by atoms with Gasteiger partial charge in [-0.1, -0.05) is 42.5 Å². The second kappa shape index (κ2) is 8.33. The van der Waals surface area contributed by atoms with Crippen molar-refractivity contribution in [3.8, 4) is 16.3 Å². The maximum atomic E-state index is 12.3. The highest BCUT2D eigenvalue weighted by atomic mass is 79.9. The molecule has 0 atom stereocenters. The van der Waals surface area contributed by atoms with Gasteiger partial charge in [-0.05, 0) is 45.6 Å². The van der Waals surface area contributed by atoms with Gasteiger partial charge >= 0.3 is 0 Å². The molecular weight excluding hydrogens is 436 g/mol. The minimum absolute atomic E-state index is 0.282. The normalized spacial score (nSPS) is 11.0. The molecule has 0 bridgehead atoms. The number of amides is 1. The fourth-order valence-electron chi connectivity index (χ4n) is 2.68. The number of hydrogen-bond donors (Lipinski definition) is 1. The molecule has 0 fully saturated rings. The molecule has 0 aliphatic heterocycles. The number of carbonyl (C=O) groups excluding carboxylic acids is 1. The lowest BCUT2D eigenvalue weighted by atomic mass is 10.1. The van der Waals surface area contributed by atoms with Crippen molar-refractivity contribution < 1.29 is 4.79 Å². The van der Waals surface area contributed by atoms with E-state index in [9.17, 15) is 4.79 Å². The van der Waals surface area contributed by atoms with Crippen LogP contribution < -0.4 is 5.43 Å². The zero-order valence-corrected chi connectivity index (χ0v) is 17.0. The Morgan fingerprint density at radius 1 is 1.07 bits per heavy atom. The van der Waals surface area contributed by atoms with Gasteiger partial charge in [-0.3, -0.25) is 4.79 Å². The van der Waals surface area contributed by atoms with Crippen LogP contribution in [-0.2, 0) is 0 Å². The zero-order valence-electron chi connectivity index (χ0n) is 14.6. The van der Waals surface area contributed by atoms with Crippen LogP contribution in [0.15, 0.2) is 87.9 Å². The molecule has 0 radical (unpaired) electrons. The van der Waals surface area contributed by atoms with Gasteiger partial charge in [0.1, 0.15) is 10.7 Å². The van der Waals surface area contributed by atoms with E-state index in [2.05, 4.69) is 26.5 Å². The molecule has 2 aromatic heterocycles. The largest absolute Gasteiger partial charge is 0.272 e. The third-order valence-electron chi connectivity index (χ3n) is 4.01. The van der Waals surface area contributed by atoms with Crippen LogP contribution in [0.25, 0.3) is 16.3 Å². The molecule has 28 heavy (non-hydrogen) atoms. The van der Waals surface area contributed by atoms with Gasteiger partial charge in [0.25, 0.3) is 5.91 Å². The Hall–Kier alpha value is -3.03. The van der Waals surface area contributed by atoms with Crippen molar-refractivity contribution >= 4 is 39.4 Å². The maximum Gasteiger partial charge on any atom is 0.272 e. The molecule has 0 saturated carbocycles. The molecule has 0 unspecified atom stereocenters. The number of thiophene rings is 1. The molecule has 138 valence electrons. The number of carbonyl (C=O) groups is 1. The van der Waals surface area contributed by atoms with E-state index in [0.717, 1.165) is 26.3 Å². The summed E-state index contributed by atoms with van der Waals surface area (Å²) in [5.74, 6) is -0.282. The lowest BCUT2D eigenvalue weighted by Crippen LogP contribution is -2.18. The van der Waals surface area contributed by atoms with Gasteiger partial charge in [-0.25, -0.2) is 10.1 Å². The monoisotopic (exact) mass is 450 g/mol. The quantitative estimate of drug-likeness (QED) is 0.338. The zero-order chi connectivity index (χ0) is 19.3. The summed E-state index contributed by atoms with van der Waals surface area (Å²) in [5, 5.41) is 11.9. The van der Waals surface area contributed by atoms with Crippen molar-refractivity contribution in [2.24, 2.45) is 5.10 Å². The van der Waals surface area contributed by atoms with Crippen LogP contribution in [0, 0.1) is 0 Å². The van der Waals surface area contributed by atoms with Gasteiger partial charge in [0, 0.05) is 21.8 Å². The molecule has 4 aromatic rings. The van der Waals surface area contributed by atoms with E-state index >= 15 is 0 Å². The number of nitrogens with zero attached hydrogens (tertiary/aromatic N) is 3. The first-order valence-electron chi connectivity index (χ1n) is 8.49. The first kappa shape index (κ1) is 18.3. The van der Waals surface area contributed by atoms with Crippen molar-refractivity contribution in [3.05, 3.63) is 93.9 Å². The molecule has 0 aliphatic rings. The number of nitrogens with one attached hydrogen (secondary N) is 1. The van der Waals surface area contributed by atoms with E-state index in [1.165, 1.54) is 0 Å². The van der Waals surface area contributed by atoms with Gasteiger partial charge in [0.05, 0.1) is 11.8 Å². The summed E-state index contributed by atoms with van der Waals surface area (Å²) in [6.45, 7) is 0. The van der Waals surface area contributed by atoms with E-state index in [-0.39, 0.29) is 5.91 Å². The van der Waals surface area contributed by atoms with Crippen LogP contribution in [0.3, 0.4) is 0 Å². The lowest BCUT2D eigenvalue weighted by molar-refractivity contribution is 0.0954. The highest BCUT2D eigenvalue weighted by Crippen LogP contribution is 2.24. The Morgan fingerprint density at radius 2 is 1.86 bits per heavy atom. The summed E-state index contributed by atoms with van der Waals surface area (Å²) in [6, 6.07) is 21.1. The highest BCUT2D eigenvalue weighted by molar-refractivity contribution is 9.10. The van der Waals surface area contributed by atoms with Crippen LogP contribution in [0.4, 0.5) is 0 Å². The number of benzene rings is 2. The second-order valence-corrected chi connectivity index (χ2v) is 7.65. The molecule has 7 heteroatoms. The predicted molar refractivity (Wildman–Crippen MR) is 116 cm³/mol. The van der Waals surface area contributed by atoms with Crippen molar-refractivity contribution in [1.29, 1.82) is 0 Å². The third-order valence-corrected chi connectivity index (χ3v) is 5.56. The fraction of sp³-hybridized carbons (Fsp3) is 0. The molecule has 4 rings (SSSR count). The average Bonchev–Trinajstić information content (AvgIpc) is 3.39. The SMILES string of the molecule is O=C(N/N=C\c1cn(-c2cccs2)nc1-c1ccccc1)c1ccccc1Br. The van der Waals surface area contributed by atoms with E-state index in [4.69, 9.17) is 5.10 Å². The summed E-state index contributed by atoms with van der Waals surface area (Å²) in [6.07, 6.45) is 3.52. The Bertz CT molecular complexity index is 1120. The van der Waals surface area contributed by atoms with Crippen LogP contribution in [0.1, 0.15) is 15.9 Å². The van der Waals surface area contributed by atoms with E-state index < -0.39 is 0 Å². The molecule has 2 aromatic carbocycles. The number of hydrogen-bond acceptors (Lipinski definition) is 4. The third kappa shape index (κ3) is 3.95. The van der Waals surface area contributed by atoms with Crippen LogP contribution in [0.5, 0.6) is 0 Å². The number of hydrazone groups is 1. The highest BCUT2D eigenvalue weighted by Gasteiger charge is 2.12. The Morgan fingerprint density at radius 3 is 2.61 bits per heavy atom. The van der Waals surface area contributed by atoms with Crippen molar-refractivity contribution in [1.82, 2.24) is 15.2 Å². The van der Waals surface area contributed by atoms with Gasteiger partial charge in [0.15, 0.2) is 0 Å². The Labute approximate surface area is 174 Å². The summed E-state index contributed by atoms with van der Waals surface area (Å²) in [7, 11) is 0. The minimum Gasteiger partial charge on any atom is -0.267 e. The van der Waals surface area contributed by atoms with Crippen molar-refractivity contribution in [3.63, 3.8) is 0 Å². The van der Waals surface area contributed by atoms with Gasteiger partial charge in [-0.15, -0.1) is 11.3 Å². The molecular formula is C21H15BrN4OS. The van der Waals surface area contributed by atoms with Gasteiger partial charge in [0.2, 0.25) is 0 Å². The first-order valence-corrected chi connectivity index (χ1v) is 10.2. The van der Waals surface area contributed by atoms with E-state index in [1.807, 2.05) is 76.9 Å². The van der Waals surface area contributed by atoms with Crippen LogP contribution in [-0.4, -0.2) is 21.9 Å². The second-order valence-electron chi connectivity index (χ2n) is 5.87. The summed E-state index contributed by atoms with van der Waals surface area (Å²) < 4.78 is 2.54. The summed E-state index contributed by atoms with van der Waals surface area (Å²) >= 11 is 4.98. The number of halogens is 1. The van der Waals surface area contributed by atoms with Gasteiger partial charge in [-0.2, -0.15) is 10.2 Å². The predicted octanol–water partition coefficient (Wildman–Crippen LogP) is 5.13. The Kier molecular flexibility index (Phi) is 5.45. The summed E-state index contributed by atoms with van der Waals surface area (Å²) in [4.78, 5) is 12.3. The average molecular weight is 451 g/mol. The smallest absolute Gasteiger partial charge is 0.267 e. The topological polar surface area (TPSA) is 59.3 Å². The van der Waals surface area contributed by atoms with Crippen LogP contribution >= 0.6 is 27.3 Å². The first-order chi connectivity index (χ1) is 13.7. The lowest BCUT2D eigenvalue weighted by Gasteiger charge is -2.02. The fourth-order valence-corrected chi connectivity index (χ4v) is 3.80. The molecule has 0 spiro atoms. The number of rotatable bonds is 5. The molecule has 5 nitrogen and oxygen atoms in total. The molecule has 0 aliphatic carbocycles. The van der Waals surface area contributed by atoms with Crippen LogP contribution in [0.2, 0.25) is 0 Å². The van der Waals surface area contributed by atoms with Gasteiger partial charge < -0.3 is 0 Å². The Balaban J connectivity index is 1.62. The minimum atomic E-state index is -0.282. The molecule has 0 saturated heterocycles. The maximum absolute atomic E-state index is 12.3. The van der Waals surface area contributed by atoms with E-state index in [1.54, 1.807) is 23.6 Å². The molecule has 1 N–H and O–H groups in total. The molecule has 1 amide bonds. The van der Waals surface area contributed by atoms with Crippen molar-refractivity contribution in [2.75, 3.05) is 0 Å². The summed E-state index contributed by atoms with van der Waals surface area (Å²) in [5.41, 5.74) is 5.70. The molecule has 2 heterocycles. The number of aromatic nitrogens is 2. The van der Waals surface area contributed by atoms with E-state index in [0.29, 0.717) is 5.56 Å². The van der Waals surface area contributed by atoms with Crippen molar-refractivity contribution in [2.45, 2.75) is 0 Å². The standard InChI is InChI=1S/C21H15BrN4OS/c22-18-10-5-4-9-17(18)21(27)24-23-13-16-14-26(19-11-6-12-28-19)25-20(16)15-7-2-1-3-8-15/h1-14H,(H,24,27)/b23-13-.